The number of rotatable bonds is 3. The number of aliphatic hydroxyl groups excluding tert-OH is 1. The first-order valence-electron chi connectivity index (χ1n) is 7.69. The van der Waals surface area contributed by atoms with E-state index in [1.165, 1.54) is 30.9 Å². The second-order valence-corrected chi connectivity index (χ2v) is 6.05. The summed E-state index contributed by atoms with van der Waals surface area (Å²) in [6.07, 6.45) is 6.92. The van der Waals surface area contributed by atoms with Crippen molar-refractivity contribution in [1.29, 1.82) is 0 Å². The van der Waals surface area contributed by atoms with Crippen molar-refractivity contribution >= 4 is 0 Å². The van der Waals surface area contributed by atoms with E-state index in [9.17, 15) is 5.11 Å². The van der Waals surface area contributed by atoms with Gasteiger partial charge < -0.3 is 14.6 Å². The lowest BCUT2D eigenvalue weighted by Crippen LogP contribution is -2.34. The number of hydrogen-bond donors (Lipinski definition) is 1. The van der Waals surface area contributed by atoms with E-state index in [0.29, 0.717) is 18.4 Å². The summed E-state index contributed by atoms with van der Waals surface area (Å²) in [6.45, 7) is 7.05. The zero-order valence-electron chi connectivity index (χ0n) is 11.9. The highest BCUT2D eigenvalue weighted by Gasteiger charge is 2.25. The zero-order chi connectivity index (χ0) is 13.2. The Bertz CT molecular complexity index is 429. The van der Waals surface area contributed by atoms with Gasteiger partial charge in [-0.05, 0) is 32.4 Å². The average molecular weight is 263 g/mol. The number of aromatic nitrogens is 2. The molecule has 0 aliphatic carbocycles. The summed E-state index contributed by atoms with van der Waals surface area (Å²) >= 11 is 0. The SMILES string of the molecule is CCN1CCCC(c2cn3c(n2)CCC(CO)C3)C1. The maximum absolute atomic E-state index is 9.30. The van der Waals surface area contributed by atoms with Gasteiger partial charge in [-0.1, -0.05) is 6.92 Å². The lowest BCUT2D eigenvalue weighted by Gasteiger charge is -2.30. The van der Waals surface area contributed by atoms with Crippen molar-refractivity contribution in [3.8, 4) is 0 Å². The highest BCUT2D eigenvalue weighted by atomic mass is 16.3. The fraction of sp³-hybridized carbons (Fsp3) is 0.800. The number of likely N-dealkylation sites (tertiary alicyclic amines) is 1. The Balaban J connectivity index is 1.74. The van der Waals surface area contributed by atoms with Gasteiger partial charge in [-0.2, -0.15) is 0 Å². The van der Waals surface area contributed by atoms with Gasteiger partial charge in [-0.3, -0.25) is 0 Å². The fourth-order valence-electron chi connectivity index (χ4n) is 3.47. The van der Waals surface area contributed by atoms with Gasteiger partial charge in [0.15, 0.2) is 0 Å². The van der Waals surface area contributed by atoms with Crippen LogP contribution in [0.1, 0.15) is 43.6 Å². The van der Waals surface area contributed by atoms with Crippen molar-refractivity contribution in [2.75, 3.05) is 26.2 Å². The first-order valence-corrected chi connectivity index (χ1v) is 7.69. The Morgan fingerprint density at radius 1 is 1.37 bits per heavy atom. The molecular weight excluding hydrogens is 238 g/mol. The number of hydrogen-bond acceptors (Lipinski definition) is 3. The predicted octanol–water partition coefficient (Wildman–Crippen LogP) is 1.64. The predicted molar refractivity (Wildman–Crippen MR) is 75.2 cm³/mol. The summed E-state index contributed by atoms with van der Waals surface area (Å²) in [4.78, 5) is 7.40. The third-order valence-electron chi connectivity index (χ3n) is 4.74. The molecule has 4 nitrogen and oxygen atoms in total. The van der Waals surface area contributed by atoms with E-state index in [-0.39, 0.29) is 0 Å². The Morgan fingerprint density at radius 2 is 2.26 bits per heavy atom. The van der Waals surface area contributed by atoms with Gasteiger partial charge in [0.25, 0.3) is 0 Å². The van der Waals surface area contributed by atoms with Crippen LogP contribution in [0.5, 0.6) is 0 Å². The average Bonchev–Trinajstić information content (AvgIpc) is 2.90. The first-order chi connectivity index (χ1) is 9.30. The molecule has 3 rings (SSSR count). The summed E-state index contributed by atoms with van der Waals surface area (Å²) in [6, 6.07) is 0. The summed E-state index contributed by atoms with van der Waals surface area (Å²) < 4.78 is 2.28. The summed E-state index contributed by atoms with van der Waals surface area (Å²) in [5.74, 6) is 2.26. The Labute approximate surface area is 115 Å². The minimum atomic E-state index is 0.306. The molecule has 0 radical (unpaired) electrons. The third kappa shape index (κ3) is 2.70. The molecule has 0 amide bonds. The van der Waals surface area contributed by atoms with Gasteiger partial charge >= 0.3 is 0 Å². The summed E-state index contributed by atoms with van der Waals surface area (Å²) in [5.41, 5.74) is 1.28. The third-order valence-corrected chi connectivity index (χ3v) is 4.74. The summed E-state index contributed by atoms with van der Waals surface area (Å²) in [5, 5.41) is 9.30. The Kier molecular flexibility index (Phi) is 3.89. The van der Waals surface area contributed by atoms with Crippen molar-refractivity contribution < 1.29 is 5.11 Å². The van der Waals surface area contributed by atoms with Crippen molar-refractivity contribution in [3.05, 3.63) is 17.7 Å². The molecule has 1 fully saturated rings. The van der Waals surface area contributed by atoms with Crippen LogP contribution in [0.25, 0.3) is 0 Å². The Morgan fingerprint density at radius 3 is 3.05 bits per heavy atom. The molecule has 106 valence electrons. The van der Waals surface area contributed by atoms with Crippen molar-refractivity contribution in [1.82, 2.24) is 14.5 Å². The van der Waals surface area contributed by atoms with Crippen LogP contribution in [0, 0.1) is 5.92 Å². The van der Waals surface area contributed by atoms with Crippen molar-refractivity contribution in [2.24, 2.45) is 5.92 Å². The molecule has 2 aliphatic heterocycles. The quantitative estimate of drug-likeness (QED) is 0.901. The van der Waals surface area contributed by atoms with Gasteiger partial charge in [-0.15, -0.1) is 0 Å². The molecule has 19 heavy (non-hydrogen) atoms. The maximum Gasteiger partial charge on any atom is 0.108 e. The van der Waals surface area contributed by atoms with Gasteiger partial charge in [0.2, 0.25) is 0 Å². The largest absolute Gasteiger partial charge is 0.396 e. The number of fused-ring (bicyclic) bond motifs is 1. The molecule has 1 aromatic rings. The summed E-state index contributed by atoms with van der Waals surface area (Å²) in [7, 11) is 0. The monoisotopic (exact) mass is 263 g/mol. The fourth-order valence-corrected chi connectivity index (χ4v) is 3.47. The van der Waals surface area contributed by atoms with E-state index in [2.05, 4.69) is 22.6 Å². The zero-order valence-corrected chi connectivity index (χ0v) is 11.9. The molecule has 0 bridgehead atoms. The van der Waals surface area contributed by atoms with Crippen LogP contribution in [-0.2, 0) is 13.0 Å². The van der Waals surface area contributed by atoms with Crippen LogP contribution < -0.4 is 0 Å². The molecule has 0 aromatic carbocycles. The van der Waals surface area contributed by atoms with Crippen LogP contribution in [0.3, 0.4) is 0 Å². The van der Waals surface area contributed by atoms with E-state index >= 15 is 0 Å². The van der Waals surface area contributed by atoms with Crippen LogP contribution >= 0.6 is 0 Å². The number of aryl methyl sites for hydroxylation is 1. The second kappa shape index (κ2) is 5.63. The van der Waals surface area contributed by atoms with Gasteiger partial charge in [0.1, 0.15) is 5.82 Å². The molecule has 4 heteroatoms. The van der Waals surface area contributed by atoms with E-state index < -0.39 is 0 Å². The molecule has 1 aromatic heterocycles. The number of piperidine rings is 1. The van der Waals surface area contributed by atoms with Gasteiger partial charge in [0, 0.05) is 44.1 Å². The number of nitrogens with zero attached hydrogens (tertiary/aromatic N) is 3. The maximum atomic E-state index is 9.30. The van der Waals surface area contributed by atoms with E-state index in [1.807, 2.05) is 0 Å². The Hall–Kier alpha value is -0.870. The lowest BCUT2D eigenvalue weighted by atomic mass is 9.95. The number of likely N-dealkylation sites (N-methyl/N-ethyl adjacent to an activating group) is 1. The molecule has 3 heterocycles. The van der Waals surface area contributed by atoms with Crippen LogP contribution in [0.4, 0.5) is 0 Å². The van der Waals surface area contributed by atoms with Crippen molar-refractivity contribution in [3.63, 3.8) is 0 Å². The van der Waals surface area contributed by atoms with Crippen LogP contribution in [0.2, 0.25) is 0 Å². The van der Waals surface area contributed by atoms with E-state index in [4.69, 9.17) is 4.98 Å². The molecule has 1 N–H and O–H groups in total. The van der Waals surface area contributed by atoms with Gasteiger partial charge in [-0.25, -0.2) is 4.98 Å². The van der Waals surface area contributed by atoms with E-state index in [1.54, 1.807) is 0 Å². The molecular formula is C15H25N3O. The highest BCUT2D eigenvalue weighted by molar-refractivity contribution is 5.13. The molecule has 1 saturated heterocycles. The molecule has 0 saturated carbocycles. The second-order valence-electron chi connectivity index (χ2n) is 6.05. The minimum Gasteiger partial charge on any atom is -0.396 e. The molecule has 2 aliphatic rings. The van der Waals surface area contributed by atoms with Crippen LogP contribution in [0.15, 0.2) is 6.20 Å². The minimum absolute atomic E-state index is 0.306. The van der Waals surface area contributed by atoms with Crippen LogP contribution in [-0.4, -0.2) is 45.8 Å². The highest BCUT2D eigenvalue weighted by Crippen LogP contribution is 2.28. The standard InChI is InChI=1S/C15H25N3O/c1-2-17-7-3-4-13(9-17)14-10-18-8-12(11-19)5-6-15(18)16-14/h10,12-13,19H,2-9,11H2,1H3. The smallest absolute Gasteiger partial charge is 0.108 e. The number of imidazole rings is 1. The topological polar surface area (TPSA) is 41.3 Å². The normalized spacial score (nSPS) is 28.3. The first kappa shape index (κ1) is 13.1. The van der Waals surface area contributed by atoms with Crippen molar-refractivity contribution in [2.45, 2.75) is 45.1 Å². The lowest BCUT2D eigenvalue weighted by molar-refractivity contribution is 0.190. The van der Waals surface area contributed by atoms with Gasteiger partial charge in [0.05, 0.1) is 5.69 Å². The molecule has 2 unspecified atom stereocenters. The van der Waals surface area contributed by atoms with E-state index in [0.717, 1.165) is 32.5 Å². The molecule has 2 atom stereocenters. The number of aliphatic hydroxyl groups is 1. The molecule has 0 spiro atoms.